The predicted octanol–water partition coefficient (Wildman–Crippen LogP) is -1.49. The summed E-state index contributed by atoms with van der Waals surface area (Å²) in [6, 6.07) is -1.00. The largest absolute Gasteiger partial charge is 0.480 e. The van der Waals surface area contributed by atoms with Crippen LogP contribution in [0.4, 0.5) is 0 Å². The molecule has 1 aliphatic rings. The molecule has 2 atom stereocenters. The van der Waals surface area contributed by atoms with Gasteiger partial charge in [0.25, 0.3) is 0 Å². The zero-order chi connectivity index (χ0) is 13.2. The van der Waals surface area contributed by atoms with Crippen molar-refractivity contribution in [1.29, 1.82) is 0 Å². The van der Waals surface area contributed by atoms with Crippen molar-refractivity contribution in [2.75, 3.05) is 20.1 Å². The minimum atomic E-state index is -1.14. The number of β-amino-alcohol motifs (C(OH)–C–C–N with tert-alkyl or cyclic N) is 1. The number of hydrogen-bond acceptors (Lipinski definition) is 4. The van der Waals surface area contributed by atoms with Crippen LogP contribution in [0.1, 0.15) is 13.3 Å². The van der Waals surface area contributed by atoms with E-state index in [1.165, 1.54) is 18.9 Å². The summed E-state index contributed by atoms with van der Waals surface area (Å²) in [4.78, 5) is 35.9. The van der Waals surface area contributed by atoms with Crippen LogP contribution < -0.4 is 0 Å². The van der Waals surface area contributed by atoms with E-state index < -0.39 is 24.0 Å². The summed E-state index contributed by atoms with van der Waals surface area (Å²) >= 11 is 0. The number of aliphatic carboxylic acids is 1. The van der Waals surface area contributed by atoms with Gasteiger partial charge in [0.15, 0.2) is 0 Å². The van der Waals surface area contributed by atoms with Gasteiger partial charge in [0.1, 0.15) is 6.04 Å². The monoisotopic (exact) mass is 244 g/mol. The summed E-state index contributed by atoms with van der Waals surface area (Å²) in [5.74, 6) is -1.88. The standard InChI is InChI=1S/C10H16N2O5/c1-6(13)11(2)5-9(15)12-4-7(14)3-8(12)10(16)17/h7-8,14H,3-5H2,1-2H3,(H,16,17)/t7-,8-/m1/s1. The SMILES string of the molecule is CC(=O)N(C)CC(=O)N1C[C@H](O)C[C@@H]1C(=O)O. The summed E-state index contributed by atoms with van der Waals surface area (Å²) in [5, 5.41) is 18.3. The lowest BCUT2D eigenvalue weighted by Crippen LogP contribution is -2.45. The van der Waals surface area contributed by atoms with Crippen molar-refractivity contribution in [2.45, 2.75) is 25.5 Å². The maximum Gasteiger partial charge on any atom is 0.326 e. The predicted molar refractivity (Wildman–Crippen MR) is 57.1 cm³/mol. The van der Waals surface area contributed by atoms with Crippen LogP contribution in [0, 0.1) is 0 Å². The number of aliphatic hydroxyl groups excluding tert-OH is 1. The highest BCUT2D eigenvalue weighted by molar-refractivity contribution is 5.88. The Balaban J connectivity index is 2.67. The van der Waals surface area contributed by atoms with Crippen LogP contribution in [0.3, 0.4) is 0 Å². The van der Waals surface area contributed by atoms with E-state index in [2.05, 4.69) is 0 Å². The van der Waals surface area contributed by atoms with Crippen LogP contribution in [0.5, 0.6) is 0 Å². The molecule has 0 radical (unpaired) electrons. The number of carbonyl (C=O) groups is 3. The smallest absolute Gasteiger partial charge is 0.326 e. The van der Waals surface area contributed by atoms with Gasteiger partial charge in [-0.25, -0.2) is 4.79 Å². The van der Waals surface area contributed by atoms with Crippen LogP contribution in [0.25, 0.3) is 0 Å². The van der Waals surface area contributed by atoms with Crippen LogP contribution in [0.15, 0.2) is 0 Å². The highest BCUT2D eigenvalue weighted by Gasteiger charge is 2.39. The van der Waals surface area contributed by atoms with Gasteiger partial charge in [0, 0.05) is 26.9 Å². The summed E-state index contributed by atoms with van der Waals surface area (Å²) in [6.07, 6.45) is -0.784. The van der Waals surface area contributed by atoms with Crippen molar-refractivity contribution >= 4 is 17.8 Å². The van der Waals surface area contributed by atoms with E-state index in [1.807, 2.05) is 0 Å². The third-order valence-electron chi connectivity index (χ3n) is 2.79. The Bertz CT molecular complexity index is 344. The number of likely N-dealkylation sites (tertiary alicyclic amines) is 1. The molecule has 1 saturated heterocycles. The molecule has 96 valence electrons. The van der Waals surface area contributed by atoms with Gasteiger partial charge in [-0.3, -0.25) is 9.59 Å². The van der Waals surface area contributed by atoms with E-state index in [9.17, 15) is 19.5 Å². The molecule has 7 heteroatoms. The summed E-state index contributed by atoms with van der Waals surface area (Å²) < 4.78 is 0. The lowest BCUT2D eigenvalue weighted by Gasteiger charge is -2.24. The minimum absolute atomic E-state index is 0.00153. The fourth-order valence-electron chi connectivity index (χ4n) is 1.73. The molecule has 17 heavy (non-hydrogen) atoms. The Morgan fingerprint density at radius 3 is 2.47 bits per heavy atom. The molecular formula is C10H16N2O5. The van der Waals surface area contributed by atoms with Crippen molar-refractivity contribution in [2.24, 2.45) is 0 Å². The number of aliphatic hydroxyl groups is 1. The Hall–Kier alpha value is -1.63. The van der Waals surface area contributed by atoms with Crippen LogP contribution in [-0.2, 0) is 14.4 Å². The van der Waals surface area contributed by atoms with Crippen molar-refractivity contribution in [3.05, 3.63) is 0 Å². The van der Waals surface area contributed by atoms with Crippen molar-refractivity contribution < 1.29 is 24.6 Å². The molecule has 0 aromatic heterocycles. The molecule has 0 unspecified atom stereocenters. The summed E-state index contributed by atoms with van der Waals surface area (Å²) in [7, 11) is 1.46. The topological polar surface area (TPSA) is 98.2 Å². The number of nitrogens with zero attached hydrogens (tertiary/aromatic N) is 2. The van der Waals surface area contributed by atoms with E-state index in [4.69, 9.17) is 5.11 Å². The molecule has 0 spiro atoms. The number of amides is 2. The van der Waals surface area contributed by atoms with Crippen molar-refractivity contribution in [1.82, 2.24) is 9.80 Å². The Morgan fingerprint density at radius 1 is 1.41 bits per heavy atom. The van der Waals surface area contributed by atoms with Gasteiger partial charge in [-0.2, -0.15) is 0 Å². The number of carbonyl (C=O) groups excluding carboxylic acids is 2. The molecule has 0 bridgehead atoms. The molecule has 2 N–H and O–H groups in total. The lowest BCUT2D eigenvalue weighted by molar-refractivity contribution is -0.149. The maximum atomic E-state index is 11.8. The molecular weight excluding hydrogens is 228 g/mol. The Kier molecular flexibility index (Phi) is 4.06. The van der Waals surface area contributed by atoms with Gasteiger partial charge in [-0.1, -0.05) is 0 Å². The fourth-order valence-corrected chi connectivity index (χ4v) is 1.73. The number of hydrogen-bond donors (Lipinski definition) is 2. The average Bonchev–Trinajstić information content (AvgIpc) is 2.60. The zero-order valence-electron chi connectivity index (χ0n) is 9.79. The first kappa shape index (κ1) is 13.4. The van der Waals surface area contributed by atoms with E-state index >= 15 is 0 Å². The molecule has 2 amide bonds. The van der Waals surface area contributed by atoms with Gasteiger partial charge < -0.3 is 20.0 Å². The van der Waals surface area contributed by atoms with Crippen molar-refractivity contribution in [3.63, 3.8) is 0 Å². The number of carboxylic acids is 1. The normalized spacial score (nSPS) is 23.6. The second kappa shape index (κ2) is 5.13. The summed E-state index contributed by atoms with van der Waals surface area (Å²) in [6.45, 7) is 1.15. The number of rotatable bonds is 3. The van der Waals surface area contributed by atoms with E-state index in [-0.39, 0.29) is 25.4 Å². The first-order valence-corrected chi connectivity index (χ1v) is 5.25. The lowest BCUT2D eigenvalue weighted by atomic mass is 10.2. The molecule has 1 fully saturated rings. The third-order valence-corrected chi connectivity index (χ3v) is 2.79. The second-order valence-corrected chi connectivity index (χ2v) is 4.16. The highest BCUT2D eigenvalue weighted by atomic mass is 16.4. The molecule has 1 rings (SSSR count). The zero-order valence-corrected chi connectivity index (χ0v) is 9.79. The quantitative estimate of drug-likeness (QED) is 0.630. The first-order chi connectivity index (χ1) is 7.82. The third kappa shape index (κ3) is 3.16. The highest BCUT2D eigenvalue weighted by Crippen LogP contribution is 2.18. The number of likely N-dealkylation sites (N-methyl/N-ethyl adjacent to an activating group) is 1. The molecule has 0 aromatic carbocycles. The molecule has 1 heterocycles. The minimum Gasteiger partial charge on any atom is -0.480 e. The van der Waals surface area contributed by atoms with Gasteiger partial charge in [0.05, 0.1) is 12.6 Å². The summed E-state index contributed by atoms with van der Waals surface area (Å²) in [5.41, 5.74) is 0. The van der Waals surface area contributed by atoms with E-state index in [0.29, 0.717) is 0 Å². The second-order valence-electron chi connectivity index (χ2n) is 4.16. The first-order valence-electron chi connectivity index (χ1n) is 5.25. The fraction of sp³-hybridized carbons (Fsp3) is 0.700. The van der Waals surface area contributed by atoms with Crippen LogP contribution in [-0.4, -0.2) is 70.1 Å². The van der Waals surface area contributed by atoms with Gasteiger partial charge in [-0.15, -0.1) is 0 Å². The van der Waals surface area contributed by atoms with Gasteiger partial charge in [0.2, 0.25) is 11.8 Å². The molecule has 7 nitrogen and oxygen atoms in total. The van der Waals surface area contributed by atoms with Gasteiger partial charge >= 0.3 is 5.97 Å². The molecule has 0 aliphatic carbocycles. The van der Waals surface area contributed by atoms with Crippen LogP contribution >= 0.6 is 0 Å². The molecule has 0 saturated carbocycles. The Morgan fingerprint density at radius 2 is 2.00 bits per heavy atom. The van der Waals surface area contributed by atoms with Crippen LogP contribution in [0.2, 0.25) is 0 Å². The maximum absolute atomic E-state index is 11.8. The Labute approximate surface area is 98.6 Å². The average molecular weight is 244 g/mol. The molecule has 1 aliphatic heterocycles. The molecule has 0 aromatic rings. The van der Waals surface area contributed by atoms with Gasteiger partial charge in [-0.05, 0) is 0 Å². The van der Waals surface area contributed by atoms with E-state index in [0.717, 1.165) is 4.90 Å². The van der Waals surface area contributed by atoms with E-state index in [1.54, 1.807) is 0 Å². The number of carboxylic acid groups (broad SMARTS) is 1. The van der Waals surface area contributed by atoms with Crippen molar-refractivity contribution in [3.8, 4) is 0 Å².